The molecule has 1 atom stereocenters. The van der Waals surface area contributed by atoms with Gasteiger partial charge in [0.05, 0.1) is 0 Å². The Morgan fingerprint density at radius 2 is 1.71 bits per heavy atom. The van der Waals surface area contributed by atoms with Crippen molar-refractivity contribution < 1.29 is 4.39 Å². The summed E-state index contributed by atoms with van der Waals surface area (Å²) in [5.41, 5.74) is 1.52. The van der Waals surface area contributed by atoms with Crippen LogP contribution in [0, 0.1) is 11.2 Å². The Morgan fingerprint density at radius 3 is 2.24 bits per heavy atom. The Bertz CT molecular complexity index is 352. The molecule has 1 aromatic carbocycles. The molecule has 0 aliphatic heterocycles. The van der Waals surface area contributed by atoms with E-state index in [-0.39, 0.29) is 5.82 Å². The third kappa shape index (κ3) is 2.68. The van der Waals surface area contributed by atoms with E-state index < -0.39 is 0 Å². The molecular formula is C15H22FN. The van der Waals surface area contributed by atoms with Gasteiger partial charge in [-0.25, -0.2) is 4.39 Å². The van der Waals surface area contributed by atoms with Crippen molar-refractivity contribution in [3.63, 3.8) is 0 Å². The van der Waals surface area contributed by atoms with Crippen molar-refractivity contribution in [2.45, 2.75) is 45.1 Å². The Balaban J connectivity index is 2.22. The topological polar surface area (TPSA) is 12.0 Å². The smallest absolute Gasteiger partial charge is 0.123 e. The highest BCUT2D eigenvalue weighted by molar-refractivity contribution is 5.22. The van der Waals surface area contributed by atoms with Crippen molar-refractivity contribution in [3.8, 4) is 0 Å². The van der Waals surface area contributed by atoms with E-state index in [4.69, 9.17) is 0 Å². The van der Waals surface area contributed by atoms with E-state index in [1.165, 1.54) is 37.7 Å². The summed E-state index contributed by atoms with van der Waals surface area (Å²) in [6.45, 7) is 2.36. The van der Waals surface area contributed by atoms with Crippen molar-refractivity contribution in [1.29, 1.82) is 0 Å². The number of hydrogen-bond donors (Lipinski definition) is 1. The first-order valence-electron chi connectivity index (χ1n) is 6.58. The van der Waals surface area contributed by atoms with Gasteiger partial charge >= 0.3 is 0 Å². The first-order valence-corrected chi connectivity index (χ1v) is 6.58. The second-order valence-corrected chi connectivity index (χ2v) is 5.49. The summed E-state index contributed by atoms with van der Waals surface area (Å²) < 4.78 is 13.0. The predicted octanol–water partition coefficient (Wildman–Crippen LogP) is 4.06. The molecule has 1 fully saturated rings. The lowest BCUT2D eigenvalue weighted by Gasteiger charge is -2.41. The lowest BCUT2D eigenvalue weighted by Crippen LogP contribution is -2.36. The summed E-state index contributed by atoms with van der Waals surface area (Å²) in [4.78, 5) is 0. The van der Waals surface area contributed by atoms with Crippen molar-refractivity contribution >= 4 is 0 Å². The molecule has 1 nitrogen and oxygen atoms in total. The van der Waals surface area contributed by atoms with E-state index in [1.54, 1.807) is 12.1 Å². The molecule has 0 spiro atoms. The number of benzene rings is 1. The summed E-state index contributed by atoms with van der Waals surface area (Å²) >= 11 is 0. The van der Waals surface area contributed by atoms with Crippen LogP contribution in [0.2, 0.25) is 0 Å². The van der Waals surface area contributed by atoms with Gasteiger partial charge in [0, 0.05) is 6.04 Å². The highest BCUT2D eigenvalue weighted by atomic mass is 19.1. The van der Waals surface area contributed by atoms with Crippen molar-refractivity contribution in [3.05, 3.63) is 35.6 Å². The first-order chi connectivity index (χ1) is 8.15. The predicted molar refractivity (Wildman–Crippen MR) is 69.4 cm³/mol. The molecule has 0 saturated heterocycles. The van der Waals surface area contributed by atoms with Crippen molar-refractivity contribution in [2.24, 2.45) is 5.41 Å². The van der Waals surface area contributed by atoms with Gasteiger partial charge in [0.25, 0.3) is 0 Å². The van der Waals surface area contributed by atoms with Crippen LogP contribution in [0.3, 0.4) is 0 Å². The number of hydrogen-bond acceptors (Lipinski definition) is 1. The minimum absolute atomic E-state index is 0.155. The minimum Gasteiger partial charge on any atom is -0.313 e. The molecule has 0 radical (unpaired) electrons. The van der Waals surface area contributed by atoms with Crippen LogP contribution in [-0.4, -0.2) is 7.05 Å². The van der Waals surface area contributed by atoms with E-state index >= 15 is 0 Å². The van der Waals surface area contributed by atoms with Crippen LogP contribution in [0.4, 0.5) is 4.39 Å². The van der Waals surface area contributed by atoms with Gasteiger partial charge in [0.2, 0.25) is 0 Å². The number of nitrogens with one attached hydrogen (secondary N) is 1. The van der Waals surface area contributed by atoms with E-state index in [1.807, 2.05) is 19.2 Å². The van der Waals surface area contributed by atoms with Gasteiger partial charge in [-0.1, -0.05) is 38.3 Å². The lowest BCUT2D eigenvalue weighted by molar-refractivity contribution is 0.150. The average Bonchev–Trinajstić information content (AvgIpc) is 2.33. The SMILES string of the molecule is CNC(c1ccc(F)cc1)C1(C)CCCCC1. The molecule has 2 heteroatoms. The van der Waals surface area contributed by atoms with E-state index in [9.17, 15) is 4.39 Å². The summed E-state index contributed by atoms with van der Waals surface area (Å²) in [7, 11) is 2.01. The molecule has 0 heterocycles. The molecular weight excluding hydrogens is 213 g/mol. The second kappa shape index (κ2) is 5.18. The molecule has 2 rings (SSSR count). The third-order valence-corrected chi connectivity index (χ3v) is 4.18. The van der Waals surface area contributed by atoms with Crippen molar-refractivity contribution in [2.75, 3.05) is 7.05 Å². The zero-order valence-electron chi connectivity index (χ0n) is 10.8. The van der Waals surface area contributed by atoms with Crippen LogP contribution in [0.25, 0.3) is 0 Å². The van der Waals surface area contributed by atoms with Gasteiger partial charge in [0.1, 0.15) is 5.82 Å². The molecule has 1 unspecified atom stereocenters. The number of halogens is 1. The Hall–Kier alpha value is -0.890. The van der Waals surface area contributed by atoms with Crippen LogP contribution in [0.15, 0.2) is 24.3 Å². The van der Waals surface area contributed by atoms with Gasteiger partial charge in [-0.05, 0) is 43.0 Å². The molecule has 1 N–H and O–H groups in total. The highest BCUT2D eigenvalue weighted by Gasteiger charge is 2.35. The first kappa shape index (κ1) is 12.6. The zero-order valence-corrected chi connectivity index (χ0v) is 10.8. The zero-order chi connectivity index (χ0) is 12.3. The standard InChI is InChI=1S/C15H22FN/c1-15(10-4-3-5-11-15)14(17-2)12-6-8-13(16)9-7-12/h6-9,14,17H,3-5,10-11H2,1-2H3. The Labute approximate surface area is 103 Å². The fraction of sp³-hybridized carbons (Fsp3) is 0.600. The summed E-state index contributed by atoms with van der Waals surface area (Å²) in [5, 5.41) is 3.43. The maximum atomic E-state index is 13.0. The van der Waals surface area contributed by atoms with E-state index in [0.717, 1.165) is 0 Å². The van der Waals surface area contributed by atoms with Gasteiger partial charge < -0.3 is 5.32 Å². The molecule has 17 heavy (non-hydrogen) atoms. The lowest BCUT2D eigenvalue weighted by atomic mass is 9.68. The second-order valence-electron chi connectivity index (χ2n) is 5.49. The Kier molecular flexibility index (Phi) is 3.82. The third-order valence-electron chi connectivity index (χ3n) is 4.18. The average molecular weight is 235 g/mol. The highest BCUT2D eigenvalue weighted by Crippen LogP contribution is 2.45. The largest absolute Gasteiger partial charge is 0.313 e. The molecule has 0 bridgehead atoms. The fourth-order valence-corrected chi connectivity index (χ4v) is 3.22. The molecule has 1 aliphatic carbocycles. The minimum atomic E-state index is -0.155. The maximum absolute atomic E-state index is 13.0. The Morgan fingerprint density at radius 1 is 1.12 bits per heavy atom. The fourth-order valence-electron chi connectivity index (χ4n) is 3.22. The van der Waals surface area contributed by atoms with Crippen LogP contribution in [0.5, 0.6) is 0 Å². The summed E-state index contributed by atoms with van der Waals surface area (Å²) in [5.74, 6) is -0.155. The van der Waals surface area contributed by atoms with Crippen LogP contribution in [0.1, 0.15) is 50.6 Å². The van der Waals surface area contributed by atoms with Gasteiger partial charge in [-0.15, -0.1) is 0 Å². The van der Waals surface area contributed by atoms with Gasteiger partial charge in [0.15, 0.2) is 0 Å². The van der Waals surface area contributed by atoms with Gasteiger partial charge in [-0.2, -0.15) is 0 Å². The molecule has 1 saturated carbocycles. The molecule has 1 aromatic rings. The quantitative estimate of drug-likeness (QED) is 0.833. The summed E-state index contributed by atoms with van der Waals surface area (Å²) in [6.07, 6.45) is 6.51. The monoisotopic (exact) mass is 235 g/mol. The van der Waals surface area contributed by atoms with Crippen molar-refractivity contribution in [1.82, 2.24) is 5.32 Å². The van der Waals surface area contributed by atoms with Crippen LogP contribution >= 0.6 is 0 Å². The van der Waals surface area contributed by atoms with Gasteiger partial charge in [-0.3, -0.25) is 0 Å². The molecule has 0 amide bonds. The summed E-state index contributed by atoms with van der Waals surface area (Å²) in [6, 6.07) is 7.29. The normalized spacial score (nSPS) is 21.1. The molecule has 94 valence electrons. The van der Waals surface area contributed by atoms with E-state index in [2.05, 4.69) is 12.2 Å². The van der Waals surface area contributed by atoms with Crippen LogP contribution in [-0.2, 0) is 0 Å². The maximum Gasteiger partial charge on any atom is 0.123 e. The molecule has 0 aromatic heterocycles. The van der Waals surface area contributed by atoms with Crippen LogP contribution < -0.4 is 5.32 Å². The molecule has 1 aliphatic rings. The number of rotatable bonds is 3. The van der Waals surface area contributed by atoms with E-state index in [0.29, 0.717) is 11.5 Å².